The van der Waals surface area contributed by atoms with Crippen molar-refractivity contribution in [1.29, 1.82) is 0 Å². The van der Waals surface area contributed by atoms with E-state index in [-0.39, 0.29) is 11.7 Å². The summed E-state index contributed by atoms with van der Waals surface area (Å²) in [4.78, 5) is 21.8. The number of hydrogen-bond donors (Lipinski definition) is 0. The minimum absolute atomic E-state index is 0.144. The van der Waals surface area contributed by atoms with Crippen LogP contribution in [0.25, 0.3) is 5.78 Å². The molecule has 0 saturated heterocycles. The van der Waals surface area contributed by atoms with Gasteiger partial charge in [-0.3, -0.25) is 4.79 Å². The molecule has 0 spiro atoms. The molecule has 0 saturated carbocycles. The van der Waals surface area contributed by atoms with Gasteiger partial charge < -0.3 is 9.64 Å². The highest BCUT2D eigenvalue weighted by molar-refractivity contribution is 9.10. The lowest BCUT2D eigenvalue weighted by Gasteiger charge is -2.14. The van der Waals surface area contributed by atoms with Crippen molar-refractivity contribution in [3.8, 4) is 0 Å². The molecular formula is C11H14BrN5O2. The summed E-state index contributed by atoms with van der Waals surface area (Å²) in [5.74, 6) is 0.320. The Bertz CT molecular complexity index is 585. The Kier molecular flexibility index (Phi) is 4.43. The zero-order valence-electron chi connectivity index (χ0n) is 10.7. The first-order chi connectivity index (χ1) is 9.11. The predicted octanol–water partition coefficient (Wildman–Crippen LogP) is 0.995. The minimum atomic E-state index is -0.224. The normalized spacial score (nSPS) is 10.9. The summed E-state index contributed by atoms with van der Waals surface area (Å²) in [6.07, 6.45) is 4.09. The van der Waals surface area contributed by atoms with E-state index in [0.29, 0.717) is 18.9 Å². The van der Waals surface area contributed by atoms with Crippen LogP contribution in [0.4, 0.5) is 0 Å². The number of ether oxygens (including phenoxy) is 1. The number of rotatable bonds is 5. The highest BCUT2D eigenvalue weighted by Gasteiger charge is 2.17. The molecule has 2 aromatic rings. The van der Waals surface area contributed by atoms with Gasteiger partial charge in [0.25, 0.3) is 11.7 Å². The van der Waals surface area contributed by atoms with Gasteiger partial charge in [-0.2, -0.15) is 4.98 Å². The molecule has 0 atom stereocenters. The molecule has 0 fully saturated rings. The number of methoxy groups -OCH3 is 1. The summed E-state index contributed by atoms with van der Waals surface area (Å²) in [7, 11) is 3.35. The molecule has 0 aliphatic carbocycles. The van der Waals surface area contributed by atoms with Crippen molar-refractivity contribution in [1.82, 2.24) is 24.5 Å². The zero-order chi connectivity index (χ0) is 13.8. The molecular weight excluding hydrogens is 314 g/mol. The van der Waals surface area contributed by atoms with E-state index in [0.717, 1.165) is 10.9 Å². The van der Waals surface area contributed by atoms with E-state index in [1.54, 1.807) is 31.5 Å². The van der Waals surface area contributed by atoms with Crippen LogP contribution in [0.15, 0.2) is 16.9 Å². The van der Waals surface area contributed by atoms with Crippen molar-refractivity contribution in [3.63, 3.8) is 0 Å². The van der Waals surface area contributed by atoms with Crippen molar-refractivity contribution < 1.29 is 9.53 Å². The van der Waals surface area contributed by atoms with E-state index < -0.39 is 0 Å². The molecule has 0 aliphatic heterocycles. The third-order valence-electron chi connectivity index (χ3n) is 2.54. The molecule has 2 aromatic heterocycles. The molecule has 2 rings (SSSR count). The fourth-order valence-corrected chi connectivity index (χ4v) is 1.86. The molecule has 0 aromatic carbocycles. The summed E-state index contributed by atoms with van der Waals surface area (Å²) in [6, 6.07) is 0. The Balaban J connectivity index is 2.12. The summed E-state index contributed by atoms with van der Waals surface area (Å²) >= 11 is 3.29. The van der Waals surface area contributed by atoms with Crippen molar-refractivity contribution in [2.24, 2.45) is 0 Å². The maximum atomic E-state index is 12.1. The fourth-order valence-electron chi connectivity index (χ4n) is 1.57. The van der Waals surface area contributed by atoms with Crippen LogP contribution < -0.4 is 0 Å². The average molecular weight is 328 g/mol. The molecule has 19 heavy (non-hydrogen) atoms. The Morgan fingerprint density at radius 1 is 1.58 bits per heavy atom. The number of aromatic nitrogens is 4. The van der Waals surface area contributed by atoms with Crippen LogP contribution in [0, 0.1) is 0 Å². The molecule has 8 heteroatoms. The van der Waals surface area contributed by atoms with Crippen LogP contribution in [0.2, 0.25) is 0 Å². The van der Waals surface area contributed by atoms with E-state index >= 15 is 0 Å². The van der Waals surface area contributed by atoms with Crippen LogP contribution >= 0.6 is 15.9 Å². The van der Waals surface area contributed by atoms with Crippen LogP contribution in [0.1, 0.15) is 17.0 Å². The lowest BCUT2D eigenvalue weighted by Crippen LogP contribution is -2.29. The van der Waals surface area contributed by atoms with Gasteiger partial charge in [-0.25, -0.2) is 9.50 Å². The largest absolute Gasteiger partial charge is 0.385 e. The van der Waals surface area contributed by atoms with Crippen LogP contribution in [-0.2, 0) is 4.74 Å². The van der Waals surface area contributed by atoms with Crippen molar-refractivity contribution >= 4 is 27.6 Å². The third kappa shape index (κ3) is 3.27. The number of carbonyl (C=O) groups is 1. The Morgan fingerprint density at radius 3 is 3.11 bits per heavy atom. The summed E-state index contributed by atoms with van der Waals surface area (Å²) in [5, 5.41) is 4.11. The number of halogens is 1. The Labute approximate surface area is 118 Å². The van der Waals surface area contributed by atoms with Crippen LogP contribution in [0.3, 0.4) is 0 Å². The first-order valence-electron chi connectivity index (χ1n) is 5.74. The Morgan fingerprint density at radius 2 is 2.37 bits per heavy atom. The molecule has 0 radical (unpaired) electrons. The van der Waals surface area contributed by atoms with Gasteiger partial charge in [0.1, 0.15) is 0 Å². The van der Waals surface area contributed by atoms with Gasteiger partial charge in [0, 0.05) is 39.7 Å². The molecule has 0 bridgehead atoms. The average Bonchev–Trinajstić information content (AvgIpc) is 2.80. The second-order valence-electron chi connectivity index (χ2n) is 4.03. The molecule has 1 amide bonds. The molecule has 0 N–H and O–H groups in total. The molecule has 0 aliphatic rings. The molecule has 102 valence electrons. The smallest absolute Gasteiger partial charge is 0.293 e. The minimum Gasteiger partial charge on any atom is -0.385 e. The van der Waals surface area contributed by atoms with E-state index in [1.165, 1.54) is 4.52 Å². The van der Waals surface area contributed by atoms with Gasteiger partial charge in [0.2, 0.25) is 5.82 Å². The summed E-state index contributed by atoms with van der Waals surface area (Å²) in [6.45, 7) is 1.21. The SMILES string of the molecule is COCCCN(C)C(=O)c1nc2ncc(Br)cn2n1. The number of amides is 1. The predicted molar refractivity (Wildman–Crippen MR) is 71.9 cm³/mol. The summed E-state index contributed by atoms with van der Waals surface area (Å²) in [5.41, 5.74) is 0. The van der Waals surface area contributed by atoms with Gasteiger partial charge in [-0.05, 0) is 22.4 Å². The number of fused-ring (bicyclic) bond motifs is 1. The van der Waals surface area contributed by atoms with E-state index in [2.05, 4.69) is 31.0 Å². The van der Waals surface area contributed by atoms with Gasteiger partial charge >= 0.3 is 0 Å². The molecule has 7 nitrogen and oxygen atoms in total. The van der Waals surface area contributed by atoms with Gasteiger partial charge in [0.15, 0.2) is 0 Å². The fraction of sp³-hybridized carbons (Fsp3) is 0.455. The first-order valence-corrected chi connectivity index (χ1v) is 6.53. The first kappa shape index (κ1) is 13.9. The summed E-state index contributed by atoms with van der Waals surface area (Å²) < 4.78 is 7.20. The van der Waals surface area contributed by atoms with Crippen molar-refractivity contribution in [2.45, 2.75) is 6.42 Å². The van der Waals surface area contributed by atoms with Gasteiger partial charge in [0.05, 0.1) is 4.47 Å². The molecule has 0 unspecified atom stereocenters. The second-order valence-corrected chi connectivity index (χ2v) is 4.94. The lowest BCUT2D eigenvalue weighted by atomic mass is 10.4. The maximum absolute atomic E-state index is 12.1. The lowest BCUT2D eigenvalue weighted by molar-refractivity contribution is 0.0767. The van der Waals surface area contributed by atoms with Crippen molar-refractivity contribution in [3.05, 3.63) is 22.7 Å². The monoisotopic (exact) mass is 327 g/mol. The van der Waals surface area contributed by atoms with E-state index in [1.807, 2.05) is 0 Å². The third-order valence-corrected chi connectivity index (χ3v) is 2.95. The van der Waals surface area contributed by atoms with Gasteiger partial charge in [-0.15, -0.1) is 5.10 Å². The van der Waals surface area contributed by atoms with Crippen LogP contribution in [-0.4, -0.2) is 57.7 Å². The van der Waals surface area contributed by atoms with Crippen LogP contribution in [0.5, 0.6) is 0 Å². The highest BCUT2D eigenvalue weighted by atomic mass is 79.9. The van der Waals surface area contributed by atoms with E-state index in [4.69, 9.17) is 4.74 Å². The highest BCUT2D eigenvalue weighted by Crippen LogP contribution is 2.08. The topological polar surface area (TPSA) is 72.6 Å². The molecule has 2 heterocycles. The number of carbonyl (C=O) groups excluding carboxylic acids is 1. The maximum Gasteiger partial charge on any atom is 0.293 e. The number of nitrogens with zero attached hydrogens (tertiary/aromatic N) is 5. The van der Waals surface area contributed by atoms with Gasteiger partial charge in [-0.1, -0.05) is 0 Å². The van der Waals surface area contributed by atoms with Crippen molar-refractivity contribution in [2.75, 3.05) is 27.3 Å². The Hall–Kier alpha value is -1.54. The second kappa shape index (κ2) is 6.07. The van der Waals surface area contributed by atoms with E-state index in [9.17, 15) is 4.79 Å². The zero-order valence-corrected chi connectivity index (χ0v) is 12.3. The quantitative estimate of drug-likeness (QED) is 0.766. The number of hydrogen-bond acceptors (Lipinski definition) is 5. The standard InChI is InChI=1S/C11H14BrN5O2/c1-16(4-3-5-19-2)10(18)9-14-11-13-6-8(12)7-17(11)15-9/h6-7H,3-5H2,1-2H3.